The van der Waals surface area contributed by atoms with Gasteiger partial charge in [0.2, 0.25) is 0 Å². The van der Waals surface area contributed by atoms with Crippen molar-refractivity contribution in [1.82, 2.24) is 0 Å². The van der Waals surface area contributed by atoms with Crippen LogP contribution in [-0.4, -0.2) is 5.78 Å². The minimum Gasteiger partial charge on any atom is -0.298 e. The lowest BCUT2D eigenvalue weighted by Crippen LogP contribution is -2.13. The zero-order valence-electron chi connectivity index (χ0n) is 10.5. The third-order valence-corrected chi connectivity index (χ3v) is 4.18. The highest BCUT2D eigenvalue weighted by molar-refractivity contribution is 7.10. The van der Waals surface area contributed by atoms with Crippen LogP contribution < -0.4 is 0 Å². The fourth-order valence-corrected chi connectivity index (χ4v) is 3.11. The molecule has 0 fully saturated rings. The highest BCUT2D eigenvalue weighted by atomic mass is 32.1. The lowest BCUT2D eigenvalue weighted by Gasteiger charge is -2.15. The number of allylic oxidation sites excluding steroid dienone is 3. The summed E-state index contributed by atoms with van der Waals surface area (Å²) in [4.78, 5) is 13.3. The Labute approximate surface area is 116 Å². The van der Waals surface area contributed by atoms with Gasteiger partial charge in [-0.05, 0) is 22.6 Å². The average Bonchev–Trinajstić information content (AvgIpc) is 2.94. The number of thiophene rings is 1. The number of ketones is 1. The van der Waals surface area contributed by atoms with E-state index in [0.29, 0.717) is 6.42 Å². The molecule has 0 saturated carbocycles. The van der Waals surface area contributed by atoms with Crippen molar-refractivity contribution in [2.75, 3.05) is 0 Å². The van der Waals surface area contributed by atoms with Gasteiger partial charge in [-0.3, -0.25) is 4.79 Å². The Morgan fingerprint density at radius 3 is 2.63 bits per heavy atom. The number of Topliss-reactive ketones (excluding diaryl/α,β-unsaturated/α-hetero) is 1. The molecular formula is C17H14OS. The van der Waals surface area contributed by atoms with Crippen LogP contribution in [0.1, 0.15) is 22.8 Å². The van der Waals surface area contributed by atoms with Crippen molar-refractivity contribution in [3.8, 4) is 0 Å². The summed E-state index contributed by atoms with van der Waals surface area (Å²) in [5.41, 5.74) is 2.23. The molecule has 1 aliphatic carbocycles. The zero-order valence-corrected chi connectivity index (χ0v) is 11.3. The van der Waals surface area contributed by atoms with Crippen LogP contribution in [0.3, 0.4) is 0 Å². The van der Waals surface area contributed by atoms with Crippen LogP contribution >= 0.6 is 11.3 Å². The topological polar surface area (TPSA) is 17.1 Å². The Kier molecular flexibility index (Phi) is 3.43. The van der Waals surface area contributed by atoms with Crippen molar-refractivity contribution in [2.24, 2.45) is 0 Å². The second kappa shape index (κ2) is 5.37. The number of carbonyl (C=O) groups excluding carboxylic acids is 1. The fraction of sp³-hybridized carbons (Fsp3) is 0.118. The summed E-state index contributed by atoms with van der Waals surface area (Å²) in [5, 5.41) is 2.02. The third kappa shape index (κ3) is 2.74. The van der Waals surface area contributed by atoms with Crippen LogP contribution in [-0.2, 0) is 4.79 Å². The Balaban J connectivity index is 1.84. The molecule has 1 heterocycles. The molecule has 1 aliphatic rings. The van der Waals surface area contributed by atoms with Crippen molar-refractivity contribution >= 4 is 23.2 Å². The average molecular weight is 266 g/mol. The van der Waals surface area contributed by atoms with Gasteiger partial charge in [0.15, 0.2) is 0 Å². The van der Waals surface area contributed by atoms with E-state index in [0.717, 1.165) is 16.0 Å². The molecule has 19 heavy (non-hydrogen) atoms. The zero-order chi connectivity index (χ0) is 13.1. The smallest absolute Gasteiger partial charge is 0.149 e. The minimum atomic E-state index is -0.0482. The summed E-state index contributed by atoms with van der Waals surface area (Å²) in [7, 11) is 0. The SMILES string of the molecule is O=C1CC(=Cc2ccccc2)C=CC1c1cccs1. The third-order valence-electron chi connectivity index (χ3n) is 3.23. The van der Waals surface area contributed by atoms with Gasteiger partial charge < -0.3 is 0 Å². The lowest BCUT2D eigenvalue weighted by molar-refractivity contribution is -0.118. The molecular weight excluding hydrogens is 252 g/mol. The predicted octanol–water partition coefficient (Wildman–Crippen LogP) is 4.44. The maximum absolute atomic E-state index is 12.2. The molecule has 94 valence electrons. The molecule has 1 nitrogen and oxygen atoms in total. The quantitative estimate of drug-likeness (QED) is 0.785. The summed E-state index contributed by atoms with van der Waals surface area (Å²) in [6, 6.07) is 14.1. The van der Waals surface area contributed by atoms with E-state index in [1.54, 1.807) is 11.3 Å². The molecule has 0 bridgehead atoms. The summed E-state index contributed by atoms with van der Waals surface area (Å²) in [5.74, 6) is 0.236. The van der Waals surface area contributed by atoms with E-state index in [-0.39, 0.29) is 11.7 Å². The Hall–Kier alpha value is -1.93. The highest BCUT2D eigenvalue weighted by Crippen LogP contribution is 2.30. The molecule has 1 aromatic carbocycles. The second-order valence-electron chi connectivity index (χ2n) is 4.63. The minimum absolute atomic E-state index is 0.0482. The van der Waals surface area contributed by atoms with Gasteiger partial charge in [0.1, 0.15) is 5.78 Å². The predicted molar refractivity (Wildman–Crippen MR) is 80.2 cm³/mol. The van der Waals surface area contributed by atoms with E-state index in [2.05, 4.69) is 24.3 Å². The van der Waals surface area contributed by atoms with Gasteiger partial charge in [0, 0.05) is 11.3 Å². The molecule has 3 rings (SSSR count). The van der Waals surface area contributed by atoms with E-state index >= 15 is 0 Å². The molecule has 1 unspecified atom stereocenters. The first-order chi connectivity index (χ1) is 9.33. The van der Waals surface area contributed by atoms with Gasteiger partial charge in [-0.25, -0.2) is 0 Å². The van der Waals surface area contributed by atoms with Crippen molar-refractivity contribution < 1.29 is 4.79 Å². The summed E-state index contributed by atoms with van der Waals surface area (Å²) in [6.07, 6.45) is 6.71. The molecule has 2 aromatic rings. The highest BCUT2D eigenvalue weighted by Gasteiger charge is 2.22. The van der Waals surface area contributed by atoms with Gasteiger partial charge in [-0.1, -0.05) is 54.6 Å². The second-order valence-corrected chi connectivity index (χ2v) is 5.60. The first kappa shape index (κ1) is 12.1. The summed E-state index contributed by atoms with van der Waals surface area (Å²) in [6.45, 7) is 0. The maximum atomic E-state index is 12.2. The Morgan fingerprint density at radius 1 is 1.11 bits per heavy atom. The van der Waals surface area contributed by atoms with Crippen LogP contribution in [0.5, 0.6) is 0 Å². The Morgan fingerprint density at radius 2 is 1.95 bits per heavy atom. The van der Waals surface area contributed by atoms with Crippen molar-refractivity contribution in [2.45, 2.75) is 12.3 Å². The molecule has 0 amide bonds. The van der Waals surface area contributed by atoms with E-state index in [1.165, 1.54) is 0 Å². The first-order valence-corrected chi connectivity index (χ1v) is 7.21. The fourth-order valence-electron chi connectivity index (χ4n) is 2.28. The largest absolute Gasteiger partial charge is 0.298 e. The van der Waals surface area contributed by atoms with Crippen LogP contribution in [0.4, 0.5) is 0 Å². The van der Waals surface area contributed by atoms with Crippen LogP contribution in [0.15, 0.2) is 65.6 Å². The van der Waals surface area contributed by atoms with Gasteiger partial charge in [0.25, 0.3) is 0 Å². The number of hydrogen-bond acceptors (Lipinski definition) is 2. The van der Waals surface area contributed by atoms with E-state index in [9.17, 15) is 4.79 Å². The summed E-state index contributed by atoms with van der Waals surface area (Å²) >= 11 is 1.65. The molecule has 2 heteroatoms. The number of carbonyl (C=O) groups is 1. The van der Waals surface area contributed by atoms with E-state index in [1.807, 2.05) is 41.8 Å². The van der Waals surface area contributed by atoms with Crippen molar-refractivity contribution in [1.29, 1.82) is 0 Å². The van der Waals surface area contributed by atoms with Crippen LogP contribution in [0, 0.1) is 0 Å². The van der Waals surface area contributed by atoms with Crippen LogP contribution in [0.25, 0.3) is 6.08 Å². The number of hydrogen-bond donors (Lipinski definition) is 0. The van der Waals surface area contributed by atoms with Crippen molar-refractivity contribution in [3.05, 3.63) is 76.0 Å². The van der Waals surface area contributed by atoms with Gasteiger partial charge >= 0.3 is 0 Å². The molecule has 0 radical (unpaired) electrons. The van der Waals surface area contributed by atoms with E-state index < -0.39 is 0 Å². The van der Waals surface area contributed by atoms with Crippen molar-refractivity contribution in [3.63, 3.8) is 0 Å². The standard InChI is InChI=1S/C17H14OS/c18-16-12-14(11-13-5-2-1-3-6-13)8-9-15(16)17-7-4-10-19-17/h1-11,15H,12H2. The normalized spacial score (nSPS) is 20.9. The Bertz CT molecular complexity index is 621. The maximum Gasteiger partial charge on any atom is 0.149 e. The molecule has 0 saturated heterocycles. The molecule has 0 N–H and O–H groups in total. The van der Waals surface area contributed by atoms with Gasteiger partial charge in [0.05, 0.1) is 5.92 Å². The first-order valence-electron chi connectivity index (χ1n) is 6.33. The van der Waals surface area contributed by atoms with Gasteiger partial charge in [-0.15, -0.1) is 11.3 Å². The molecule has 1 aromatic heterocycles. The molecule has 0 aliphatic heterocycles. The van der Waals surface area contributed by atoms with E-state index in [4.69, 9.17) is 0 Å². The van der Waals surface area contributed by atoms with Gasteiger partial charge in [-0.2, -0.15) is 0 Å². The lowest BCUT2D eigenvalue weighted by atomic mass is 9.89. The molecule has 1 atom stereocenters. The number of rotatable bonds is 2. The number of benzene rings is 1. The van der Waals surface area contributed by atoms with Crippen LogP contribution in [0.2, 0.25) is 0 Å². The molecule has 0 spiro atoms. The monoisotopic (exact) mass is 266 g/mol. The summed E-state index contributed by atoms with van der Waals surface area (Å²) < 4.78 is 0.